The number of hydrogen-bond acceptors (Lipinski definition) is 4. The molecular formula is C12H13NO3. The van der Waals surface area contributed by atoms with Crippen molar-refractivity contribution in [1.29, 1.82) is 0 Å². The molecule has 0 radical (unpaired) electrons. The van der Waals surface area contributed by atoms with Crippen molar-refractivity contribution in [2.75, 3.05) is 20.3 Å². The van der Waals surface area contributed by atoms with Gasteiger partial charge in [-0.15, -0.1) is 0 Å². The molecule has 16 heavy (non-hydrogen) atoms. The molecule has 84 valence electrons. The van der Waals surface area contributed by atoms with Crippen molar-refractivity contribution in [3.8, 4) is 5.75 Å². The summed E-state index contributed by atoms with van der Waals surface area (Å²) >= 11 is 0. The predicted molar refractivity (Wildman–Crippen MR) is 58.9 cm³/mol. The molecule has 4 heteroatoms. The maximum atomic E-state index is 5.71. The molecule has 0 aliphatic carbocycles. The van der Waals surface area contributed by atoms with Crippen LogP contribution in [0.5, 0.6) is 5.75 Å². The minimum absolute atomic E-state index is 0.318. The van der Waals surface area contributed by atoms with E-state index in [4.69, 9.17) is 13.9 Å². The lowest BCUT2D eigenvalue weighted by atomic mass is 10.1. The Morgan fingerprint density at radius 3 is 2.81 bits per heavy atom. The van der Waals surface area contributed by atoms with Crippen molar-refractivity contribution >= 4 is 11.1 Å². The Bertz CT molecular complexity index is 528. The van der Waals surface area contributed by atoms with Gasteiger partial charge in [0.05, 0.1) is 26.2 Å². The fraction of sp³-hybridized carbons (Fsp3) is 0.417. The van der Waals surface area contributed by atoms with Crippen LogP contribution >= 0.6 is 0 Å². The lowest BCUT2D eigenvalue weighted by Gasteiger charge is -2.22. The zero-order chi connectivity index (χ0) is 11.1. The van der Waals surface area contributed by atoms with Gasteiger partial charge < -0.3 is 13.9 Å². The summed E-state index contributed by atoms with van der Waals surface area (Å²) in [5.41, 5.74) is 2.73. The first-order valence-corrected chi connectivity index (χ1v) is 5.31. The molecule has 2 heterocycles. The van der Waals surface area contributed by atoms with Crippen molar-refractivity contribution in [1.82, 2.24) is 4.98 Å². The maximum Gasteiger partial charge on any atom is 0.203 e. The highest BCUT2D eigenvalue weighted by Gasteiger charge is 2.26. The fourth-order valence-corrected chi connectivity index (χ4v) is 1.85. The van der Waals surface area contributed by atoms with Gasteiger partial charge in [0.25, 0.3) is 0 Å². The molecule has 1 fully saturated rings. The van der Waals surface area contributed by atoms with Gasteiger partial charge in [-0.25, -0.2) is 4.98 Å². The van der Waals surface area contributed by atoms with Gasteiger partial charge in [0.2, 0.25) is 5.89 Å². The van der Waals surface area contributed by atoms with Crippen molar-refractivity contribution in [3.05, 3.63) is 23.6 Å². The van der Waals surface area contributed by atoms with Crippen LogP contribution in [0, 0.1) is 6.92 Å². The lowest BCUT2D eigenvalue weighted by Crippen LogP contribution is -2.25. The van der Waals surface area contributed by atoms with Crippen LogP contribution in [-0.2, 0) is 4.74 Å². The maximum absolute atomic E-state index is 5.71. The quantitative estimate of drug-likeness (QED) is 0.777. The zero-order valence-electron chi connectivity index (χ0n) is 9.32. The summed E-state index contributed by atoms with van der Waals surface area (Å²) in [7, 11) is 1.66. The molecule has 1 saturated heterocycles. The van der Waals surface area contributed by atoms with E-state index in [1.807, 2.05) is 19.1 Å². The van der Waals surface area contributed by atoms with Crippen molar-refractivity contribution in [2.45, 2.75) is 12.8 Å². The first-order chi connectivity index (χ1) is 7.78. The Kier molecular flexibility index (Phi) is 2.11. The molecule has 1 aliphatic rings. The third-order valence-corrected chi connectivity index (χ3v) is 2.91. The van der Waals surface area contributed by atoms with Crippen LogP contribution in [0.4, 0.5) is 0 Å². The van der Waals surface area contributed by atoms with E-state index in [1.165, 1.54) is 0 Å². The average molecular weight is 219 g/mol. The van der Waals surface area contributed by atoms with Crippen LogP contribution in [0.2, 0.25) is 0 Å². The largest absolute Gasteiger partial charge is 0.496 e. The topological polar surface area (TPSA) is 44.5 Å². The van der Waals surface area contributed by atoms with Gasteiger partial charge in [0.1, 0.15) is 11.3 Å². The molecule has 1 aliphatic heterocycles. The number of hydrogen-bond donors (Lipinski definition) is 0. The smallest absolute Gasteiger partial charge is 0.203 e. The first-order valence-electron chi connectivity index (χ1n) is 5.31. The van der Waals surface area contributed by atoms with E-state index in [0.29, 0.717) is 19.1 Å². The molecule has 0 bridgehead atoms. The Hall–Kier alpha value is -1.55. The Labute approximate surface area is 93.2 Å². The average Bonchev–Trinajstić information content (AvgIpc) is 2.55. The third-order valence-electron chi connectivity index (χ3n) is 2.91. The number of methoxy groups -OCH3 is 1. The predicted octanol–water partition coefficient (Wildman–Crippen LogP) is 2.26. The number of aromatic nitrogens is 1. The van der Waals surface area contributed by atoms with Crippen molar-refractivity contribution in [3.63, 3.8) is 0 Å². The molecule has 0 spiro atoms. The summed E-state index contributed by atoms with van der Waals surface area (Å²) in [4.78, 5) is 4.46. The number of aryl methyl sites for hydroxylation is 1. The second kappa shape index (κ2) is 3.49. The third kappa shape index (κ3) is 1.38. The normalized spacial score (nSPS) is 16.4. The molecule has 1 aromatic heterocycles. The molecule has 2 aromatic rings. The lowest BCUT2D eigenvalue weighted by molar-refractivity contribution is -0.00172. The van der Waals surface area contributed by atoms with E-state index >= 15 is 0 Å². The summed E-state index contributed by atoms with van der Waals surface area (Å²) in [5, 5.41) is 0. The van der Waals surface area contributed by atoms with Gasteiger partial charge in [0.15, 0.2) is 5.58 Å². The number of rotatable bonds is 2. The Morgan fingerprint density at radius 2 is 2.19 bits per heavy atom. The van der Waals surface area contributed by atoms with E-state index in [0.717, 1.165) is 28.3 Å². The van der Waals surface area contributed by atoms with Gasteiger partial charge in [-0.1, -0.05) is 0 Å². The minimum Gasteiger partial charge on any atom is -0.496 e. The van der Waals surface area contributed by atoms with E-state index in [1.54, 1.807) is 7.11 Å². The van der Waals surface area contributed by atoms with Gasteiger partial charge in [0, 0.05) is 6.07 Å². The minimum atomic E-state index is 0.318. The molecule has 0 N–H and O–H groups in total. The van der Waals surface area contributed by atoms with Crippen LogP contribution in [0.25, 0.3) is 11.1 Å². The van der Waals surface area contributed by atoms with Gasteiger partial charge in [-0.2, -0.15) is 0 Å². The summed E-state index contributed by atoms with van der Waals surface area (Å²) < 4.78 is 16.1. The summed E-state index contributed by atoms with van der Waals surface area (Å²) in [5.74, 6) is 1.94. The SMILES string of the molecule is COc1cc2nc(C3COC3)oc2cc1C. The number of nitrogens with zero attached hydrogens (tertiary/aromatic N) is 1. The summed E-state index contributed by atoms with van der Waals surface area (Å²) in [6.07, 6.45) is 0. The van der Waals surface area contributed by atoms with Crippen molar-refractivity contribution in [2.24, 2.45) is 0 Å². The molecule has 1 aromatic carbocycles. The van der Waals surface area contributed by atoms with E-state index in [9.17, 15) is 0 Å². The highest BCUT2D eigenvalue weighted by molar-refractivity contribution is 5.76. The highest BCUT2D eigenvalue weighted by Crippen LogP contribution is 2.30. The second-order valence-electron chi connectivity index (χ2n) is 4.08. The van der Waals surface area contributed by atoms with E-state index < -0.39 is 0 Å². The van der Waals surface area contributed by atoms with E-state index in [2.05, 4.69) is 4.98 Å². The summed E-state index contributed by atoms with van der Waals surface area (Å²) in [6, 6.07) is 3.88. The number of ether oxygens (including phenoxy) is 2. The Balaban J connectivity index is 2.09. The van der Waals surface area contributed by atoms with Crippen molar-refractivity contribution < 1.29 is 13.9 Å². The fourth-order valence-electron chi connectivity index (χ4n) is 1.85. The molecule has 4 nitrogen and oxygen atoms in total. The van der Waals surface area contributed by atoms with Crippen LogP contribution < -0.4 is 4.74 Å². The monoisotopic (exact) mass is 219 g/mol. The van der Waals surface area contributed by atoms with E-state index in [-0.39, 0.29) is 0 Å². The van der Waals surface area contributed by atoms with Crippen LogP contribution in [0.1, 0.15) is 17.4 Å². The zero-order valence-corrected chi connectivity index (χ0v) is 9.32. The molecule has 0 amide bonds. The number of benzene rings is 1. The molecule has 0 saturated carbocycles. The first kappa shape index (κ1) is 9.66. The van der Waals surface area contributed by atoms with Gasteiger partial charge in [-0.3, -0.25) is 0 Å². The van der Waals surface area contributed by atoms with Crippen LogP contribution in [-0.4, -0.2) is 25.3 Å². The molecular weight excluding hydrogens is 206 g/mol. The second-order valence-corrected chi connectivity index (χ2v) is 4.08. The molecule has 0 unspecified atom stereocenters. The number of fused-ring (bicyclic) bond motifs is 1. The molecule has 3 rings (SSSR count). The number of oxazole rings is 1. The molecule has 0 atom stereocenters. The Morgan fingerprint density at radius 1 is 1.38 bits per heavy atom. The van der Waals surface area contributed by atoms with Crippen LogP contribution in [0.3, 0.4) is 0 Å². The highest BCUT2D eigenvalue weighted by atomic mass is 16.5. The summed E-state index contributed by atoms with van der Waals surface area (Å²) in [6.45, 7) is 3.42. The standard InChI is InChI=1S/C12H13NO3/c1-7-3-11-9(4-10(7)14-2)13-12(16-11)8-5-15-6-8/h3-4,8H,5-6H2,1-2H3. The van der Waals surface area contributed by atoms with Gasteiger partial charge >= 0.3 is 0 Å². The van der Waals surface area contributed by atoms with Crippen LogP contribution in [0.15, 0.2) is 16.5 Å². The van der Waals surface area contributed by atoms with Gasteiger partial charge in [-0.05, 0) is 18.6 Å².